The van der Waals surface area contributed by atoms with Crippen LogP contribution in [0.4, 0.5) is 0 Å². The van der Waals surface area contributed by atoms with E-state index in [0.717, 1.165) is 0 Å². The van der Waals surface area contributed by atoms with Crippen molar-refractivity contribution in [3.05, 3.63) is 0 Å². The molecule has 0 aliphatic heterocycles. The van der Waals surface area contributed by atoms with Crippen LogP contribution < -0.4 is 33.3 Å². The van der Waals surface area contributed by atoms with Crippen molar-refractivity contribution in [1.29, 1.82) is 0 Å². The SMILES string of the molecule is [La+3].[Li+].[O]=[Ta](=[O])[O-].[O]=[Ta](=[O])[O-].[O]=[Ta](=[O])[O-].[O]=[Ta](=[O])[O-]. The van der Waals surface area contributed by atoms with Gasteiger partial charge in [0.05, 0.1) is 0 Å². The molecule has 0 amide bonds. The zero-order valence-corrected chi connectivity index (χ0v) is 24.7. The fraction of sp³-hybridized carbons (Fsp3) is 0. The predicted molar refractivity (Wildman–Crippen MR) is 5.49 cm³/mol. The zero-order chi connectivity index (χ0) is 14.3. The summed E-state index contributed by atoms with van der Waals surface area (Å²) in [7, 11) is 0. The molecular weight excluding hydrogens is 1060 g/mol. The summed E-state index contributed by atoms with van der Waals surface area (Å²) in [6.45, 7) is 0. The van der Waals surface area contributed by atoms with Crippen molar-refractivity contribution in [2.45, 2.75) is 0 Å². The summed E-state index contributed by atoms with van der Waals surface area (Å²) in [5.74, 6) is 0. The minimum atomic E-state index is -4.34. The van der Waals surface area contributed by atoms with E-state index in [-0.39, 0.29) is 54.5 Å². The summed E-state index contributed by atoms with van der Waals surface area (Å²) >= 11 is -17.4. The number of rotatable bonds is 0. The summed E-state index contributed by atoms with van der Waals surface area (Å²) < 4.78 is 103. The molecule has 12 nitrogen and oxygen atoms in total. The van der Waals surface area contributed by atoms with E-state index in [2.05, 4.69) is 0 Å². The summed E-state index contributed by atoms with van der Waals surface area (Å²) in [4.78, 5) is 0. The molecule has 0 bridgehead atoms. The molecule has 0 saturated heterocycles. The molecular formula is LaLiO12Ta4. The Balaban J connectivity index is -0.0000000257. The van der Waals surface area contributed by atoms with E-state index in [0.29, 0.717) is 0 Å². The van der Waals surface area contributed by atoms with Gasteiger partial charge in [-0.3, -0.25) is 0 Å². The van der Waals surface area contributed by atoms with E-state index in [1.807, 2.05) is 0 Å². The molecule has 0 aromatic heterocycles. The molecule has 0 atom stereocenters. The third-order valence-corrected chi connectivity index (χ3v) is 0. The maximum absolute atomic E-state index is 8.62. The van der Waals surface area contributed by atoms with E-state index in [4.69, 9.17) is 40.5 Å². The summed E-state index contributed by atoms with van der Waals surface area (Å²) in [6.07, 6.45) is 0. The van der Waals surface area contributed by atoms with Crippen molar-refractivity contribution in [2.75, 3.05) is 0 Å². The van der Waals surface area contributed by atoms with Crippen LogP contribution in [0.1, 0.15) is 0 Å². The molecule has 0 aromatic carbocycles. The van der Waals surface area contributed by atoms with Crippen LogP contribution in [0.5, 0.6) is 0 Å². The fourth-order valence-electron chi connectivity index (χ4n) is 0. The van der Waals surface area contributed by atoms with Gasteiger partial charge in [-0.05, 0) is 0 Å². The third kappa shape index (κ3) is 686. The van der Waals surface area contributed by atoms with Crippen LogP contribution in [0.3, 0.4) is 0 Å². The van der Waals surface area contributed by atoms with E-state index in [1.165, 1.54) is 0 Å². The molecule has 0 unspecified atom stereocenters. The van der Waals surface area contributed by atoms with Crippen LogP contribution in [0.2, 0.25) is 0 Å². The molecule has 0 radical (unpaired) electrons. The van der Waals surface area contributed by atoms with Gasteiger partial charge in [0.2, 0.25) is 0 Å². The van der Waals surface area contributed by atoms with Gasteiger partial charge in [-0.1, -0.05) is 0 Å². The molecule has 0 heterocycles. The quantitative estimate of drug-likeness (QED) is 0.206. The summed E-state index contributed by atoms with van der Waals surface area (Å²) in [5, 5.41) is 0. The van der Waals surface area contributed by atoms with E-state index in [9.17, 15) is 0 Å². The molecule has 0 rings (SSSR count). The van der Waals surface area contributed by atoms with Crippen molar-refractivity contribution in [3.8, 4) is 0 Å². The Morgan fingerprint density at radius 3 is 0.444 bits per heavy atom. The van der Waals surface area contributed by atoms with Crippen molar-refractivity contribution in [2.24, 2.45) is 0 Å². The van der Waals surface area contributed by atoms with E-state index >= 15 is 0 Å². The zero-order valence-electron chi connectivity index (χ0n) is 8.27. The Hall–Kier alpha value is 2.99. The van der Waals surface area contributed by atoms with Gasteiger partial charge < -0.3 is 0 Å². The third-order valence-electron chi connectivity index (χ3n) is 0. The average molecular weight is 1060 g/mol. The Labute approximate surface area is 166 Å². The van der Waals surface area contributed by atoms with Gasteiger partial charge >= 0.3 is 170 Å². The van der Waals surface area contributed by atoms with Crippen LogP contribution in [-0.2, 0) is 101 Å². The van der Waals surface area contributed by atoms with Gasteiger partial charge in [0.25, 0.3) is 0 Å². The first kappa shape index (κ1) is 37.3. The maximum atomic E-state index is 8.62. The molecule has 0 spiro atoms. The van der Waals surface area contributed by atoms with Crippen molar-refractivity contribution < 1.29 is 170 Å². The molecule has 0 fully saturated rings. The van der Waals surface area contributed by atoms with Gasteiger partial charge in [-0.15, -0.1) is 0 Å². The number of hydrogen-bond donors (Lipinski definition) is 0. The predicted octanol–water partition coefficient (Wildman–Crippen LogP) is -8.71. The molecule has 0 saturated carbocycles. The Bertz CT molecular complexity index is 298. The fourth-order valence-corrected chi connectivity index (χ4v) is 0. The standard InChI is InChI=1S/La.Li.12O.4Ta/q+3;+1;;;;;;;;;4*-1;;;;. The van der Waals surface area contributed by atoms with E-state index < -0.39 is 75.1 Å². The average Bonchev–Trinajstić information content (AvgIpc) is 1.76. The first-order valence-corrected chi connectivity index (χ1v) is 17.9. The van der Waals surface area contributed by atoms with E-state index in [1.54, 1.807) is 0 Å². The Kier molecular flexibility index (Phi) is 66.5. The second-order valence-corrected chi connectivity index (χ2v) is 7.32. The van der Waals surface area contributed by atoms with Gasteiger partial charge in [0, 0.05) is 0 Å². The van der Waals surface area contributed by atoms with Crippen molar-refractivity contribution >= 4 is 0 Å². The van der Waals surface area contributed by atoms with Crippen LogP contribution >= 0.6 is 0 Å². The first-order chi connectivity index (χ1) is 6.93. The monoisotopic (exact) mass is 1060 g/mol. The van der Waals surface area contributed by atoms with Crippen LogP contribution in [0, 0.1) is 35.6 Å². The van der Waals surface area contributed by atoms with Gasteiger partial charge in [-0.25, -0.2) is 0 Å². The van der Waals surface area contributed by atoms with Crippen LogP contribution in [-0.4, -0.2) is 0 Å². The first-order valence-electron chi connectivity index (χ1n) is 2.19. The van der Waals surface area contributed by atoms with Gasteiger partial charge in [-0.2, -0.15) is 0 Å². The van der Waals surface area contributed by atoms with Crippen LogP contribution in [0.15, 0.2) is 0 Å². The van der Waals surface area contributed by atoms with Crippen molar-refractivity contribution in [3.63, 3.8) is 0 Å². The summed E-state index contributed by atoms with van der Waals surface area (Å²) in [5.41, 5.74) is 0. The van der Waals surface area contributed by atoms with Crippen LogP contribution in [0.25, 0.3) is 0 Å². The number of hydrogen-bond acceptors (Lipinski definition) is 12. The molecule has 0 N–H and O–H groups in total. The molecule has 18 heavy (non-hydrogen) atoms. The Morgan fingerprint density at radius 1 is 0.444 bits per heavy atom. The molecule has 0 aliphatic carbocycles. The van der Waals surface area contributed by atoms with Gasteiger partial charge in [0.1, 0.15) is 0 Å². The second-order valence-electron chi connectivity index (χ2n) is 0.894. The molecule has 0 aromatic rings. The summed E-state index contributed by atoms with van der Waals surface area (Å²) in [6, 6.07) is 0. The minimum absolute atomic E-state index is 0. The topological polar surface area (TPSA) is 229 Å². The molecule has 18 heteroatoms. The molecule has 96 valence electrons. The molecule has 0 aliphatic rings. The normalized spacial score (nSPS) is 5.56. The second kappa shape index (κ2) is 32.1. The van der Waals surface area contributed by atoms with Crippen molar-refractivity contribution in [1.82, 2.24) is 0 Å². The Morgan fingerprint density at radius 2 is 0.444 bits per heavy atom. The van der Waals surface area contributed by atoms with Gasteiger partial charge in [0.15, 0.2) is 0 Å².